The lowest BCUT2D eigenvalue weighted by Crippen LogP contribution is -2.49. The molecule has 2 atom stereocenters. The molecule has 3 heterocycles. The lowest BCUT2D eigenvalue weighted by Gasteiger charge is -2.39. The SMILES string of the molecule is COc1ccc(COc2cc(OC[C@@H](O)CN3CCC4(CC3)Cc3cc(Cl)ccc3O4)c(C(=O)N3CC[C@H](O)C3)cc2Cl)cc1.O=C(O)C(F)(F)F. The number of benzene rings is 3. The Bertz CT molecular complexity index is 1720. The van der Waals surface area contributed by atoms with Crippen molar-refractivity contribution in [1.82, 2.24) is 9.80 Å². The van der Waals surface area contributed by atoms with Gasteiger partial charge in [-0.3, -0.25) is 4.79 Å². The number of rotatable bonds is 10. The van der Waals surface area contributed by atoms with Crippen molar-refractivity contribution >= 4 is 35.1 Å². The minimum Gasteiger partial charge on any atom is -0.497 e. The summed E-state index contributed by atoms with van der Waals surface area (Å²) < 4.78 is 55.4. The van der Waals surface area contributed by atoms with Crippen molar-refractivity contribution in [2.75, 3.05) is 46.4 Å². The van der Waals surface area contributed by atoms with Crippen LogP contribution in [0.25, 0.3) is 0 Å². The molecule has 0 saturated carbocycles. The number of fused-ring (bicyclic) bond motifs is 1. The molecule has 52 heavy (non-hydrogen) atoms. The molecule has 2 saturated heterocycles. The summed E-state index contributed by atoms with van der Waals surface area (Å²) in [6.07, 6.45) is -3.39. The molecule has 1 spiro atoms. The molecule has 0 unspecified atom stereocenters. The van der Waals surface area contributed by atoms with E-state index in [4.69, 9.17) is 52.1 Å². The van der Waals surface area contributed by atoms with Gasteiger partial charge in [0.25, 0.3) is 5.91 Å². The van der Waals surface area contributed by atoms with E-state index in [9.17, 15) is 28.2 Å². The summed E-state index contributed by atoms with van der Waals surface area (Å²) in [4.78, 5) is 26.1. The number of aliphatic hydroxyl groups excluding tert-OH is 2. The van der Waals surface area contributed by atoms with Crippen LogP contribution in [0.3, 0.4) is 0 Å². The summed E-state index contributed by atoms with van der Waals surface area (Å²) in [5.41, 5.74) is 2.09. The van der Waals surface area contributed by atoms with Gasteiger partial charge in [0.1, 0.15) is 47.9 Å². The zero-order valence-electron chi connectivity index (χ0n) is 28.2. The Morgan fingerprint density at radius 1 is 1.02 bits per heavy atom. The first kappa shape index (κ1) is 39.3. The predicted molar refractivity (Wildman–Crippen MR) is 185 cm³/mol. The molecule has 3 aliphatic heterocycles. The fraction of sp³-hybridized carbons (Fsp3) is 0.444. The molecule has 16 heteroatoms. The Balaban J connectivity index is 0.000000679. The molecule has 1 amide bonds. The number of aliphatic carboxylic acids is 1. The maximum absolute atomic E-state index is 13.4. The lowest BCUT2D eigenvalue weighted by atomic mass is 9.87. The second kappa shape index (κ2) is 16.8. The van der Waals surface area contributed by atoms with Crippen LogP contribution in [-0.2, 0) is 17.8 Å². The minimum atomic E-state index is -5.08. The second-order valence-corrected chi connectivity index (χ2v) is 13.7. The number of carbonyl (C=O) groups is 2. The molecule has 3 aliphatic rings. The van der Waals surface area contributed by atoms with E-state index in [-0.39, 0.29) is 47.6 Å². The zero-order valence-corrected chi connectivity index (χ0v) is 29.7. The summed E-state index contributed by atoms with van der Waals surface area (Å²) in [7, 11) is 1.61. The topological polar surface area (TPSA) is 138 Å². The molecule has 282 valence electrons. The van der Waals surface area contributed by atoms with E-state index in [0.717, 1.165) is 60.0 Å². The quantitative estimate of drug-likeness (QED) is 0.238. The number of carboxylic acids is 1. The smallest absolute Gasteiger partial charge is 0.490 e. The Kier molecular flexibility index (Phi) is 12.7. The molecular weight excluding hydrogens is 732 g/mol. The van der Waals surface area contributed by atoms with Gasteiger partial charge in [-0.15, -0.1) is 0 Å². The Hall–Kier alpha value is -3.95. The number of amides is 1. The van der Waals surface area contributed by atoms with Gasteiger partial charge < -0.3 is 44.1 Å². The number of alkyl halides is 3. The molecular formula is C36H39Cl2F3N2O9. The van der Waals surface area contributed by atoms with Crippen LogP contribution < -0.4 is 18.9 Å². The first-order chi connectivity index (χ1) is 24.6. The van der Waals surface area contributed by atoms with Gasteiger partial charge in [-0.25, -0.2) is 4.79 Å². The number of carboxylic acid groups (broad SMARTS) is 1. The number of nitrogens with zero attached hydrogens (tertiary/aromatic N) is 2. The number of hydrogen-bond acceptors (Lipinski definition) is 9. The standard InChI is InChI=1S/C34H38Cl2N2O7.C2HF3O2/c1-42-27-5-2-22(3-6-27)20-43-32-16-31(28(15-29(32)36)33(41)38-11-8-25(39)19-38)44-21-26(40)18-37-12-9-34(10-13-37)17-23-14-24(35)4-7-30(23)45-34;3-2(4,5)1(6)7/h2-7,14-16,25-26,39-40H,8-13,17-21H2,1H3;(H,6,7)/t25-,26-;/m0./s1. The van der Waals surface area contributed by atoms with Crippen LogP contribution >= 0.6 is 23.2 Å². The van der Waals surface area contributed by atoms with Crippen molar-refractivity contribution in [2.45, 2.75) is 56.3 Å². The summed E-state index contributed by atoms with van der Waals surface area (Å²) in [5, 5.41) is 29.1. The molecule has 3 aromatic rings. The van der Waals surface area contributed by atoms with Gasteiger partial charge in [-0.1, -0.05) is 35.3 Å². The van der Waals surface area contributed by atoms with Crippen molar-refractivity contribution in [1.29, 1.82) is 0 Å². The van der Waals surface area contributed by atoms with E-state index in [1.807, 2.05) is 42.5 Å². The van der Waals surface area contributed by atoms with E-state index < -0.39 is 24.4 Å². The lowest BCUT2D eigenvalue weighted by molar-refractivity contribution is -0.192. The second-order valence-electron chi connectivity index (χ2n) is 12.9. The fourth-order valence-corrected chi connectivity index (χ4v) is 6.69. The van der Waals surface area contributed by atoms with E-state index in [1.165, 1.54) is 6.07 Å². The Morgan fingerprint density at radius 2 is 1.71 bits per heavy atom. The number of likely N-dealkylation sites (tertiary alicyclic amines) is 2. The zero-order chi connectivity index (χ0) is 37.6. The minimum absolute atomic E-state index is 0.0233. The van der Waals surface area contributed by atoms with Crippen molar-refractivity contribution in [3.63, 3.8) is 0 Å². The van der Waals surface area contributed by atoms with Gasteiger partial charge in [-0.2, -0.15) is 13.2 Å². The van der Waals surface area contributed by atoms with Gasteiger partial charge in [0, 0.05) is 63.1 Å². The van der Waals surface area contributed by atoms with Crippen LogP contribution in [-0.4, -0.2) is 107 Å². The van der Waals surface area contributed by atoms with Crippen molar-refractivity contribution < 1.29 is 57.0 Å². The molecule has 0 bridgehead atoms. The van der Waals surface area contributed by atoms with E-state index in [0.29, 0.717) is 25.3 Å². The number of hydrogen-bond donors (Lipinski definition) is 3. The van der Waals surface area contributed by atoms with E-state index >= 15 is 0 Å². The summed E-state index contributed by atoms with van der Waals surface area (Å²) in [6.45, 7) is 2.89. The van der Waals surface area contributed by atoms with Crippen molar-refractivity contribution in [3.05, 3.63) is 81.3 Å². The van der Waals surface area contributed by atoms with Crippen LogP contribution in [0.4, 0.5) is 13.2 Å². The number of piperidine rings is 1. The number of aliphatic hydroxyl groups is 2. The number of β-amino-alcohol motifs (C(OH)–C–C–N with tert-alkyl or cyclic N) is 2. The van der Waals surface area contributed by atoms with Gasteiger partial charge in [0.2, 0.25) is 0 Å². The average Bonchev–Trinajstić information content (AvgIpc) is 3.70. The number of carbonyl (C=O) groups excluding carboxylic acids is 1. The normalized spacial score (nSPS) is 18.5. The highest BCUT2D eigenvalue weighted by molar-refractivity contribution is 6.32. The molecule has 2 fully saturated rings. The van der Waals surface area contributed by atoms with E-state index in [1.54, 1.807) is 18.1 Å². The third-order valence-corrected chi connectivity index (χ3v) is 9.57. The van der Waals surface area contributed by atoms with Crippen LogP contribution in [0.1, 0.15) is 40.7 Å². The van der Waals surface area contributed by atoms with Gasteiger partial charge >= 0.3 is 12.1 Å². The average molecular weight is 772 g/mol. The first-order valence-corrected chi connectivity index (χ1v) is 17.3. The van der Waals surface area contributed by atoms with Gasteiger partial charge in [0.05, 0.1) is 23.8 Å². The fourth-order valence-electron chi connectivity index (χ4n) is 6.27. The maximum Gasteiger partial charge on any atom is 0.490 e. The number of ether oxygens (including phenoxy) is 4. The van der Waals surface area contributed by atoms with Crippen molar-refractivity contribution in [3.8, 4) is 23.0 Å². The number of halogens is 5. The molecule has 3 aromatic carbocycles. The molecule has 0 radical (unpaired) electrons. The molecule has 6 rings (SSSR count). The number of methoxy groups -OCH3 is 1. The van der Waals surface area contributed by atoms with Gasteiger partial charge in [0.15, 0.2) is 0 Å². The van der Waals surface area contributed by atoms with Crippen LogP contribution in [0.5, 0.6) is 23.0 Å². The van der Waals surface area contributed by atoms with Crippen LogP contribution in [0.2, 0.25) is 10.0 Å². The van der Waals surface area contributed by atoms with Crippen LogP contribution in [0.15, 0.2) is 54.6 Å². The predicted octanol–water partition coefficient (Wildman–Crippen LogP) is 5.63. The van der Waals surface area contributed by atoms with E-state index in [2.05, 4.69) is 4.90 Å². The van der Waals surface area contributed by atoms with Crippen molar-refractivity contribution in [2.24, 2.45) is 0 Å². The third-order valence-electron chi connectivity index (χ3n) is 9.04. The summed E-state index contributed by atoms with van der Waals surface area (Å²) in [6, 6.07) is 16.4. The monoisotopic (exact) mass is 770 g/mol. The highest BCUT2D eigenvalue weighted by Crippen LogP contribution is 2.42. The molecule has 11 nitrogen and oxygen atoms in total. The molecule has 0 aliphatic carbocycles. The molecule has 0 aromatic heterocycles. The Labute approximate surface area is 308 Å². The summed E-state index contributed by atoms with van der Waals surface area (Å²) >= 11 is 12.8. The third kappa shape index (κ3) is 10.1. The van der Waals surface area contributed by atoms with Gasteiger partial charge in [-0.05, 0) is 53.9 Å². The first-order valence-electron chi connectivity index (χ1n) is 16.5. The largest absolute Gasteiger partial charge is 0.497 e. The molecule has 3 N–H and O–H groups in total. The Morgan fingerprint density at radius 3 is 2.33 bits per heavy atom. The highest BCUT2D eigenvalue weighted by Gasteiger charge is 2.42. The highest BCUT2D eigenvalue weighted by atomic mass is 35.5. The maximum atomic E-state index is 13.4. The van der Waals surface area contributed by atoms with Crippen LogP contribution in [0, 0.1) is 0 Å². The summed E-state index contributed by atoms with van der Waals surface area (Å²) in [5.74, 6) is -0.774.